The molecule has 1 heterocycles. The van der Waals surface area contributed by atoms with Crippen LogP contribution in [0.3, 0.4) is 0 Å². The fourth-order valence-electron chi connectivity index (χ4n) is 3.18. The molecule has 1 fully saturated rings. The summed E-state index contributed by atoms with van der Waals surface area (Å²) < 4.78 is 7.40. The van der Waals surface area contributed by atoms with Crippen molar-refractivity contribution < 1.29 is 4.74 Å². The lowest BCUT2D eigenvalue weighted by Gasteiger charge is -2.21. The van der Waals surface area contributed by atoms with Crippen LogP contribution in [-0.2, 0) is 19.0 Å². The lowest BCUT2D eigenvalue weighted by atomic mass is 9.95. The van der Waals surface area contributed by atoms with Gasteiger partial charge < -0.3 is 19.9 Å². The van der Waals surface area contributed by atoms with Crippen molar-refractivity contribution in [3.8, 4) is 5.75 Å². The van der Waals surface area contributed by atoms with Crippen molar-refractivity contribution in [1.29, 1.82) is 0 Å². The minimum Gasteiger partial charge on any atom is -0.496 e. The van der Waals surface area contributed by atoms with Crippen LogP contribution in [0.25, 0.3) is 0 Å². The van der Waals surface area contributed by atoms with Gasteiger partial charge in [-0.2, -0.15) is 0 Å². The Bertz CT molecular complexity index is 812. The van der Waals surface area contributed by atoms with Crippen molar-refractivity contribution in [3.63, 3.8) is 0 Å². The van der Waals surface area contributed by atoms with E-state index in [-0.39, 0.29) is 5.41 Å². The molecule has 1 aliphatic rings. The highest BCUT2D eigenvalue weighted by Gasteiger charge is 2.46. The largest absolute Gasteiger partial charge is 0.496 e. The predicted molar refractivity (Wildman–Crippen MR) is 108 cm³/mol. The molecule has 3 rings (SSSR count). The number of halogens is 2. The number of nitrogens with zero attached hydrogens (tertiary/aromatic N) is 2. The Morgan fingerprint density at radius 2 is 2.00 bits per heavy atom. The van der Waals surface area contributed by atoms with Gasteiger partial charge in [0.2, 0.25) is 0 Å². The maximum absolute atomic E-state index is 6.12. The highest BCUT2D eigenvalue weighted by molar-refractivity contribution is 6.41. The number of rotatable bonds is 6. The van der Waals surface area contributed by atoms with Crippen LogP contribution in [-0.4, -0.2) is 31.2 Å². The summed E-state index contributed by atoms with van der Waals surface area (Å²) in [5.41, 5.74) is 2.36. The number of aromatic nitrogens is 1. The van der Waals surface area contributed by atoms with Gasteiger partial charge in [0.25, 0.3) is 0 Å². The van der Waals surface area contributed by atoms with Crippen LogP contribution in [0, 0.1) is 0 Å². The molecule has 1 aliphatic carbocycles. The van der Waals surface area contributed by atoms with Crippen molar-refractivity contribution in [2.45, 2.75) is 24.8 Å². The zero-order valence-electron chi connectivity index (χ0n) is 15.3. The van der Waals surface area contributed by atoms with Gasteiger partial charge in [-0.15, -0.1) is 0 Å². The van der Waals surface area contributed by atoms with E-state index in [0.717, 1.165) is 36.8 Å². The molecular formula is C19H24Cl2N4O. The first-order chi connectivity index (χ1) is 12.5. The summed E-state index contributed by atoms with van der Waals surface area (Å²) in [7, 11) is 5.38. The third-order valence-electron chi connectivity index (χ3n) is 5.00. The molecule has 0 spiro atoms. The number of nitrogens with one attached hydrogen (secondary N) is 2. The highest BCUT2D eigenvalue weighted by atomic mass is 35.5. The van der Waals surface area contributed by atoms with Gasteiger partial charge in [-0.25, -0.2) is 0 Å². The minimum atomic E-state index is 0.113. The monoisotopic (exact) mass is 394 g/mol. The van der Waals surface area contributed by atoms with Gasteiger partial charge in [0.05, 0.1) is 18.7 Å². The van der Waals surface area contributed by atoms with Gasteiger partial charge in [0.1, 0.15) is 10.9 Å². The van der Waals surface area contributed by atoms with Gasteiger partial charge in [-0.1, -0.05) is 41.4 Å². The Morgan fingerprint density at radius 1 is 1.27 bits per heavy atom. The number of hydrogen-bond donors (Lipinski definition) is 2. The number of benzene rings is 1. The molecule has 1 saturated carbocycles. The molecule has 140 valence electrons. The second-order valence-corrected chi connectivity index (χ2v) is 7.36. The number of aliphatic imine (C=N–C) groups is 1. The Kier molecular flexibility index (Phi) is 5.68. The first kappa shape index (κ1) is 18.9. The van der Waals surface area contributed by atoms with Crippen molar-refractivity contribution >= 4 is 29.2 Å². The fourth-order valence-corrected chi connectivity index (χ4v) is 3.60. The highest BCUT2D eigenvalue weighted by Crippen LogP contribution is 2.50. The van der Waals surface area contributed by atoms with E-state index in [2.05, 4.69) is 27.8 Å². The van der Waals surface area contributed by atoms with E-state index in [0.29, 0.717) is 16.7 Å². The molecule has 0 bridgehead atoms. The Labute approximate surface area is 164 Å². The standard InChI is InChI=1S/C19H24Cl2N4O/c1-22-18(23-11-13-10-15(20)17(21)25(13)2)24-12-19(8-9-19)14-6-4-5-7-16(14)26-3/h4-7,10H,8-9,11-12H2,1-3H3,(H2,22,23,24). The molecule has 2 N–H and O–H groups in total. The van der Waals surface area contributed by atoms with Crippen LogP contribution in [0.5, 0.6) is 5.75 Å². The number of ether oxygens (including phenoxy) is 1. The second-order valence-electron chi connectivity index (χ2n) is 6.59. The fraction of sp³-hybridized carbons (Fsp3) is 0.421. The van der Waals surface area contributed by atoms with Crippen LogP contribution in [0.4, 0.5) is 0 Å². The summed E-state index contributed by atoms with van der Waals surface area (Å²) in [6.07, 6.45) is 2.28. The van der Waals surface area contributed by atoms with E-state index < -0.39 is 0 Å². The topological polar surface area (TPSA) is 50.6 Å². The summed E-state index contributed by atoms with van der Waals surface area (Å²) in [6.45, 7) is 1.39. The van der Waals surface area contributed by atoms with Gasteiger partial charge in [0.15, 0.2) is 5.96 Å². The maximum Gasteiger partial charge on any atom is 0.191 e. The van der Waals surface area contributed by atoms with Crippen molar-refractivity contribution in [3.05, 3.63) is 51.8 Å². The molecule has 0 amide bonds. The number of guanidine groups is 1. The van der Waals surface area contributed by atoms with E-state index in [1.54, 1.807) is 14.2 Å². The molecule has 0 unspecified atom stereocenters. The third kappa shape index (κ3) is 3.79. The number of hydrogen-bond acceptors (Lipinski definition) is 2. The summed E-state index contributed by atoms with van der Waals surface area (Å²) in [5, 5.41) is 7.86. The SMILES string of the molecule is CN=C(NCc1cc(Cl)c(Cl)n1C)NCC1(c2ccccc2OC)CC1. The van der Waals surface area contributed by atoms with E-state index in [4.69, 9.17) is 27.9 Å². The first-order valence-corrected chi connectivity index (χ1v) is 9.34. The van der Waals surface area contributed by atoms with E-state index in [1.165, 1.54) is 5.56 Å². The summed E-state index contributed by atoms with van der Waals surface area (Å²) in [6, 6.07) is 10.1. The molecule has 5 nitrogen and oxygen atoms in total. The molecular weight excluding hydrogens is 371 g/mol. The third-order valence-corrected chi connectivity index (χ3v) is 5.84. The van der Waals surface area contributed by atoms with Crippen molar-refractivity contribution in [1.82, 2.24) is 15.2 Å². The van der Waals surface area contributed by atoms with Crippen LogP contribution in [0.2, 0.25) is 10.2 Å². The Hall–Kier alpha value is -1.85. The lowest BCUT2D eigenvalue weighted by molar-refractivity contribution is 0.403. The van der Waals surface area contributed by atoms with Crippen LogP contribution < -0.4 is 15.4 Å². The molecule has 26 heavy (non-hydrogen) atoms. The van der Waals surface area contributed by atoms with Crippen molar-refractivity contribution in [2.24, 2.45) is 12.0 Å². The predicted octanol–water partition coefficient (Wildman–Crippen LogP) is 3.74. The van der Waals surface area contributed by atoms with Crippen molar-refractivity contribution in [2.75, 3.05) is 20.7 Å². The smallest absolute Gasteiger partial charge is 0.191 e. The minimum absolute atomic E-state index is 0.113. The molecule has 0 aliphatic heterocycles. The maximum atomic E-state index is 6.12. The second kappa shape index (κ2) is 7.80. The van der Waals surface area contributed by atoms with E-state index >= 15 is 0 Å². The van der Waals surface area contributed by atoms with E-state index in [9.17, 15) is 0 Å². The average Bonchev–Trinajstić information content (AvgIpc) is 3.41. The van der Waals surface area contributed by atoms with Crippen LogP contribution >= 0.6 is 23.2 Å². The summed E-state index contributed by atoms with van der Waals surface area (Å²) >= 11 is 12.2. The number of methoxy groups -OCH3 is 1. The average molecular weight is 395 g/mol. The number of para-hydroxylation sites is 1. The van der Waals surface area contributed by atoms with Crippen LogP contribution in [0.1, 0.15) is 24.1 Å². The summed E-state index contributed by atoms with van der Waals surface area (Å²) in [4.78, 5) is 4.32. The van der Waals surface area contributed by atoms with Gasteiger partial charge in [-0.05, 0) is 25.0 Å². The Balaban J connectivity index is 1.62. The first-order valence-electron chi connectivity index (χ1n) is 8.58. The van der Waals surface area contributed by atoms with E-state index in [1.807, 2.05) is 29.8 Å². The quantitative estimate of drug-likeness (QED) is 0.579. The molecule has 0 radical (unpaired) electrons. The zero-order chi connectivity index (χ0) is 18.7. The lowest BCUT2D eigenvalue weighted by Crippen LogP contribution is -2.41. The molecule has 2 aromatic rings. The molecule has 1 aromatic heterocycles. The zero-order valence-corrected chi connectivity index (χ0v) is 16.8. The van der Waals surface area contributed by atoms with Crippen LogP contribution in [0.15, 0.2) is 35.3 Å². The molecule has 0 saturated heterocycles. The normalized spacial score (nSPS) is 15.7. The van der Waals surface area contributed by atoms with Gasteiger partial charge >= 0.3 is 0 Å². The Morgan fingerprint density at radius 3 is 2.58 bits per heavy atom. The van der Waals surface area contributed by atoms with Gasteiger partial charge in [-0.3, -0.25) is 4.99 Å². The summed E-state index contributed by atoms with van der Waals surface area (Å²) in [5.74, 6) is 1.70. The molecule has 7 heteroatoms. The molecule has 0 atom stereocenters. The molecule has 1 aromatic carbocycles. The van der Waals surface area contributed by atoms with Gasteiger partial charge in [0, 0.05) is 37.3 Å².